The smallest absolute Gasteiger partial charge is 0.293 e. The lowest BCUT2D eigenvalue weighted by Gasteiger charge is -2.58. The Morgan fingerprint density at radius 2 is 2.03 bits per heavy atom. The first-order valence-electron chi connectivity index (χ1n) is 12.8. The maximum atomic E-state index is 12.1. The van der Waals surface area contributed by atoms with Crippen molar-refractivity contribution < 1.29 is 14.3 Å². The molecule has 0 N–H and O–H groups in total. The van der Waals surface area contributed by atoms with Gasteiger partial charge >= 0.3 is 0 Å². The monoisotopic (exact) mass is 446 g/mol. The Balaban J connectivity index is 1.46. The molecular formula is C27H42O3S. The summed E-state index contributed by atoms with van der Waals surface area (Å²) < 4.78 is 5.35. The van der Waals surface area contributed by atoms with Crippen LogP contribution in [0.25, 0.3) is 0 Å². The van der Waals surface area contributed by atoms with Gasteiger partial charge in [-0.2, -0.15) is 0 Å². The minimum absolute atomic E-state index is 0.0903. The van der Waals surface area contributed by atoms with E-state index in [4.69, 9.17) is 4.74 Å². The van der Waals surface area contributed by atoms with Crippen molar-refractivity contribution >= 4 is 23.3 Å². The molecular weight excluding hydrogens is 404 g/mol. The molecule has 0 saturated heterocycles. The summed E-state index contributed by atoms with van der Waals surface area (Å²) in [4.78, 5) is 22.9. The predicted molar refractivity (Wildman–Crippen MR) is 128 cm³/mol. The second kappa shape index (κ2) is 9.23. The van der Waals surface area contributed by atoms with Crippen molar-refractivity contribution in [1.82, 2.24) is 0 Å². The molecule has 0 bridgehead atoms. The fourth-order valence-corrected chi connectivity index (χ4v) is 9.16. The summed E-state index contributed by atoms with van der Waals surface area (Å²) in [5, 5.41) is 0.379. The van der Waals surface area contributed by atoms with E-state index in [9.17, 15) is 9.59 Å². The van der Waals surface area contributed by atoms with Crippen LogP contribution >= 0.6 is 11.8 Å². The summed E-state index contributed by atoms with van der Waals surface area (Å²) in [6, 6.07) is 0. The second-order valence-corrected chi connectivity index (χ2v) is 12.7. The normalized spacial score (nSPS) is 42.6. The topological polar surface area (TPSA) is 43.4 Å². The number of fused-ring (bicyclic) bond motifs is 5. The van der Waals surface area contributed by atoms with Crippen molar-refractivity contribution in [3.63, 3.8) is 0 Å². The Bertz CT molecular complexity index is 717. The first kappa shape index (κ1) is 23.4. The summed E-state index contributed by atoms with van der Waals surface area (Å²) in [6.07, 6.45) is 14.2. The van der Waals surface area contributed by atoms with E-state index in [-0.39, 0.29) is 6.10 Å². The summed E-state index contributed by atoms with van der Waals surface area (Å²) in [5.41, 5.74) is 2.33. The van der Waals surface area contributed by atoms with Gasteiger partial charge in [0.05, 0.1) is 0 Å². The Labute approximate surface area is 193 Å². The highest BCUT2D eigenvalue weighted by Crippen LogP contribution is 2.67. The third-order valence-corrected chi connectivity index (χ3v) is 11.0. The quantitative estimate of drug-likeness (QED) is 0.318. The van der Waals surface area contributed by atoms with Crippen LogP contribution in [0.15, 0.2) is 11.6 Å². The van der Waals surface area contributed by atoms with E-state index in [0.29, 0.717) is 28.3 Å². The Morgan fingerprint density at radius 3 is 2.77 bits per heavy atom. The molecule has 0 aliphatic heterocycles. The third-order valence-electron chi connectivity index (χ3n) is 10.2. The van der Waals surface area contributed by atoms with E-state index < -0.39 is 0 Å². The fourth-order valence-electron chi connectivity index (χ4n) is 8.58. The van der Waals surface area contributed by atoms with Gasteiger partial charge in [0.2, 0.25) is 0 Å². The highest BCUT2D eigenvalue weighted by Gasteiger charge is 2.59. The molecule has 4 heteroatoms. The maximum Gasteiger partial charge on any atom is 0.293 e. The zero-order valence-corrected chi connectivity index (χ0v) is 20.8. The molecule has 0 spiro atoms. The van der Waals surface area contributed by atoms with E-state index in [2.05, 4.69) is 33.8 Å². The zero-order valence-electron chi connectivity index (χ0n) is 20.0. The first-order valence-corrected chi connectivity index (χ1v) is 13.8. The number of carbonyl (C=O) groups excluding carboxylic acids is 2. The van der Waals surface area contributed by atoms with E-state index in [1.807, 2.05) is 0 Å². The summed E-state index contributed by atoms with van der Waals surface area (Å²) in [5.74, 6) is 4.75. The highest BCUT2D eigenvalue weighted by molar-refractivity contribution is 8.13. The number of thioether (sulfide) groups is 1. The number of hydrogen-bond donors (Lipinski definition) is 0. The van der Waals surface area contributed by atoms with E-state index >= 15 is 0 Å². The lowest BCUT2D eigenvalue weighted by atomic mass is 9.47. The van der Waals surface area contributed by atoms with Crippen LogP contribution in [-0.2, 0) is 14.3 Å². The van der Waals surface area contributed by atoms with Crippen LogP contribution in [0.1, 0.15) is 91.9 Å². The molecule has 0 aromatic rings. The number of carbonyl (C=O) groups is 2. The molecule has 4 aliphatic carbocycles. The van der Waals surface area contributed by atoms with Gasteiger partial charge in [-0.15, -0.1) is 0 Å². The van der Waals surface area contributed by atoms with Gasteiger partial charge in [0.15, 0.2) is 5.12 Å². The van der Waals surface area contributed by atoms with Crippen LogP contribution in [0.2, 0.25) is 0 Å². The minimum Gasteiger partial charge on any atom is -0.464 e. The standard InChI is InChI=1S/C27H42O3S/c1-5-31-25(29)11-6-18(2)22-9-10-23-21-8-7-19-16-20(30-17-28)12-14-26(19,3)24(21)13-15-27(22,23)4/h7,17-18,20-24H,5-6,8-16H2,1-4H3/t18-,20-,21+,22-,23+,24+,26+,27-/m1/s1. The lowest BCUT2D eigenvalue weighted by Crippen LogP contribution is -2.51. The van der Waals surface area contributed by atoms with Crippen molar-refractivity contribution in [2.24, 2.45) is 40.4 Å². The summed E-state index contributed by atoms with van der Waals surface area (Å²) >= 11 is 1.49. The molecule has 3 nitrogen and oxygen atoms in total. The van der Waals surface area contributed by atoms with Crippen molar-refractivity contribution in [3.8, 4) is 0 Å². The van der Waals surface area contributed by atoms with Gasteiger partial charge in [0.25, 0.3) is 6.47 Å². The van der Waals surface area contributed by atoms with Gasteiger partial charge in [0, 0.05) is 12.8 Å². The van der Waals surface area contributed by atoms with Crippen LogP contribution < -0.4 is 0 Å². The van der Waals surface area contributed by atoms with Gasteiger partial charge in [-0.3, -0.25) is 9.59 Å². The molecule has 0 radical (unpaired) electrons. The van der Waals surface area contributed by atoms with Crippen LogP contribution in [0.4, 0.5) is 0 Å². The van der Waals surface area contributed by atoms with Crippen LogP contribution in [-0.4, -0.2) is 23.4 Å². The average Bonchev–Trinajstić information content (AvgIpc) is 3.10. The average molecular weight is 447 g/mol. The molecule has 4 rings (SSSR count). The van der Waals surface area contributed by atoms with Crippen molar-refractivity contribution in [1.29, 1.82) is 0 Å². The Hall–Kier alpha value is -0.770. The molecule has 8 atom stereocenters. The highest BCUT2D eigenvalue weighted by atomic mass is 32.2. The molecule has 3 fully saturated rings. The number of ether oxygens (including phenoxy) is 1. The largest absolute Gasteiger partial charge is 0.464 e. The second-order valence-electron chi connectivity index (χ2n) is 11.4. The summed E-state index contributed by atoms with van der Waals surface area (Å²) in [7, 11) is 0. The van der Waals surface area contributed by atoms with E-state index in [1.54, 1.807) is 5.57 Å². The predicted octanol–water partition coefficient (Wildman–Crippen LogP) is 6.80. The molecule has 0 heterocycles. The number of allylic oxidation sites excluding steroid dienone is 1. The van der Waals surface area contributed by atoms with E-state index in [0.717, 1.165) is 55.1 Å². The van der Waals surface area contributed by atoms with Crippen LogP contribution in [0.5, 0.6) is 0 Å². The molecule has 174 valence electrons. The van der Waals surface area contributed by atoms with Crippen molar-refractivity contribution in [3.05, 3.63) is 11.6 Å². The minimum atomic E-state index is 0.0903. The van der Waals surface area contributed by atoms with Gasteiger partial charge in [0.1, 0.15) is 6.10 Å². The van der Waals surface area contributed by atoms with Crippen LogP contribution in [0.3, 0.4) is 0 Å². The number of rotatable bonds is 7. The Kier molecular flexibility index (Phi) is 6.97. The molecule has 0 aromatic heterocycles. The third kappa shape index (κ3) is 4.15. The fraction of sp³-hybridized carbons (Fsp3) is 0.852. The molecule has 31 heavy (non-hydrogen) atoms. The van der Waals surface area contributed by atoms with Crippen molar-refractivity contribution in [2.45, 2.75) is 98.0 Å². The molecule has 0 unspecified atom stereocenters. The maximum absolute atomic E-state index is 12.1. The molecule has 3 saturated carbocycles. The first-order chi connectivity index (χ1) is 14.8. The molecule has 4 aliphatic rings. The van der Waals surface area contributed by atoms with Gasteiger partial charge < -0.3 is 4.74 Å². The number of hydrogen-bond acceptors (Lipinski definition) is 4. The Morgan fingerprint density at radius 1 is 1.23 bits per heavy atom. The van der Waals surface area contributed by atoms with Crippen molar-refractivity contribution in [2.75, 3.05) is 5.75 Å². The molecule has 0 amide bonds. The lowest BCUT2D eigenvalue weighted by molar-refractivity contribution is -0.136. The zero-order chi connectivity index (χ0) is 22.2. The van der Waals surface area contributed by atoms with E-state index in [1.165, 1.54) is 50.3 Å². The van der Waals surface area contributed by atoms with Gasteiger partial charge in [-0.1, -0.05) is 51.1 Å². The summed E-state index contributed by atoms with van der Waals surface area (Å²) in [6.45, 7) is 10.2. The van der Waals surface area contributed by atoms with Crippen LogP contribution in [0, 0.1) is 40.4 Å². The van der Waals surface area contributed by atoms with Gasteiger partial charge in [-0.25, -0.2) is 0 Å². The van der Waals surface area contributed by atoms with Gasteiger partial charge in [-0.05, 0) is 97.5 Å². The SMILES string of the molecule is CCSC(=O)CC[C@@H](C)[C@H]1CC[C@H]2[C@@H]3CC=C4C[C@H](OC=O)CC[C@]4(C)[C@H]3CC[C@]12C. The molecule has 0 aromatic carbocycles.